The van der Waals surface area contributed by atoms with Crippen LogP contribution in [0.1, 0.15) is 0 Å². The summed E-state index contributed by atoms with van der Waals surface area (Å²) in [5.41, 5.74) is 6.07. The maximum Gasteiger partial charge on any atom is 0.340 e. The molecule has 0 saturated carbocycles. The summed E-state index contributed by atoms with van der Waals surface area (Å²) >= 11 is 0. The Balaban J connectivity index is 2.28. The number of nitrogens with two attached hydrogens (primary N) is 1. The largest absolute Gasteiger partial charge is 0.496 e. The third-order valence-electron chi connectivity index (χ3n) is 2.81. The van der Waals surface area contributed by atoms with E-state index >= 15 is 0 Å². The maximum atomic E-state index is 11.1. The Morgan fingerprint density at radius 2 is 2.21 bits per heavy atom. The molecule has 2 heterocycles. The van der Waals surface area contributed by atoms with Gasteiger partial charge in [0.15, 0.2) is 5.82 Å². The van der Waals surface area contributed by atoms with E-state index in [1.165, 1.54) is 0 Å². The van der Waals surface area contributed by atoms with Gasteiger partial charge in [-0.25, -0.2) is 14.9 Å². The zero-order valence-electron chi connectivity index (χ0n) is 10.1. The van der Waals surface area contributed by atoms with Crippen LogP contribution in [0.15, 0.2) is 29.1 Å². The van der Waals surface area contributed by atoms with Crippen molar-refractivity contribution < 1.29 is 4.74 Å². The Hall–Kier alpha value is -2.83. The molecule has 0 spiro atoms. The van der Waals surface area contributed by atoms with E-state index in [1.54, 1.807) is 13.2 Å². The molecule has 0 fully saturated rings. The minimum absolute atomic E-state index is 0.328. The van der Waals surface area contributed by atoms with Crippen molar-refractivity contribution in [3.8, 4) is 17.3 Å². The van der Waals surface area contributed by atoms with Gasteiger partial charge in [-0.1, -0.05) is 12.1 Å². The smallest absolute Gasteiger partial charge is 0.340 e. The number of benzene rings is 1. The van der Waals surface area contributed by atoms with Crippen LogP contribution in [-0.2, 0) is 0 Å². The first-order valence-electron chi connectivity index (χ1n) is 5.57. The molecule has 0 amide bonds. The maximum absolute atomic E-state index is 11.1. The highest BCUT2D eigenvalue weighted by Crippen LogP contribution is 2.31. The molecule has 3 aromatic rings. The van der Waals surface area contributed by atoms with Crippen molar-refractivity contribution in [2.75, 3.05) is 12.8 Å². The molecule has 7 heteroatoms. The number of hydrogen-bond donors (Lipinski definition) is 3. The molecule has 0 aliphatic rings. The average Bonchev–Trinajstić information content (AvgIpc) is 2.84. The first-order valence-corrected chi connectivity index (χ1v) is 5.57. The highest BCUT2D eigenvalue weighted by molar-refractivity contribution is 5.97. The predicted molar refractivity (Wildman–Crippen MR) is 70.9 cm³/mol. The Kier molecular flexibility index (Phi) is 2.45. The molecule has 1 aromatic carbocycles. The minimum atomic E-state index is -0.388. The van der Waals surface area contributed by atoms with Gasteiger partial charge >= 0.3 is 5.69 Å². The van der Waals surface area contributed by atoms with Crippen molar-refractivity contribution in [2.24, 2.45) is 0 Å². The standard InChI is InChI=1S/C12H11N5O2/c1-19-8-4-2-3-6-5-7(14-10(13)9(6)8)11-15-12(18)17-16-11/h2-5H,1H3,(H2,13,14)(H2,15,16,17,18). The molecule has 96 valence electrons. The van der Waals surface area contributed by atoms with E-state index < -0.39 is 0 Å². The van der Waals surface area contributed by atoms with Crippen LogP contribution in [0.2, 0.25) is 0 Å². The van der Waals surface area contributed by atoms with Crippen molar-refractivity contribution in [3.63, 3.8) is 0 Å². The Labute approximate surface area is 107 Å². The third kappa shape index (κ3) is 1.81. The molecule has 2 aromatic heterocycles. The molecule has 0 bridgehead atoms. The second kappa shape index (κ2) is 4.13. The van der Waals surface area contributed by atoms with Crippen LogP contribution in [-0.4, -0.2) is 27.3 Å². The fourth-order valence-corrected chi connectivity index (χ4v) is 1.99. The van der Waals surface area contributed by atoms with Crippen LogP contribution in [0.25, 0.3) is 22.3 Å². The van der Waals surface area contributed by atoms with Crippen LogP contribution in [0.5, 0.6) is 5.75 Å². The first-order chi connectivity index (χ1) is 9.19. The summed E-state index contributed by atoms with van der Waals surface area (Å²) in [7, 11) is 1.58. The van der Waals surface area contributed by atoms with E-state index in [2.05, 4.69) is 20.2 Å². The first kappa shape index (κ1) is 11.3. The number of methoxy groups -OCH3 is 1. The number of pyridine rings is 1. The van der Waals surface area contributed by atoms with Crippen molar-refractivity contribution in [1.29, 1.82) is 0 Å². The Morgan fingerprint density at radius 1 is 1.37 bits per heavy atom. The van der Waals surface area contributed by atoms with Crippen LogP contribution >= 0.6 is 0 Å². The van der Waals surface area contributed by atoms with E-state index in [9.17, 15) is 4.79 Å². The van der Waals surface area contributed by atoms with Gasteiger partial charge in [-0.3, -0.25) is 4.98 Å². The number of fused-ring (bicyclic) bond motifs is 1. The zero-order valence-corrected chi connectivity index (χ0v) is 10.1. The van der Waals surface area contributed by atoms with Crippen molar-refractivity contribution in [3.05, 3.63) is 34.7 Å². The van der Waals surface area contributed by atoms with Gasteiger partial charge in [0.25, 0.3) is 0 Å². The van der Waals surface area contributed by atoms with Gasteiger partial charge in [0.2, 0.25) is 0 Å². The summed E-state index contributed by atoms with van der Waals surface area (Å²) in [6.45, 7) is 0. The van der Waals surface area contributed by atoms with E-state index in [4.69, 9.17) is 10.5 Å². The third-order valence-corrected chi connectivity index (χ3v) is 2.81. The second-order valence-electron chi connectivity index (χ2n) is 3.98. The summed E-state index contributed by atoms with van der Waals surface area (Å²) in [5, 5.41) is 7.73. The molecule has 0 unspecified atom stereocenters. The lowest BCUT2D eigenvalue weighted by molar-refractivity contribution is 0.420. The molecule has 0 aliphatic carbocycles. The summed E-state index contributed by atoms with van der Waals surface area (Å²) in [4.78, 5) is 17.8. The van der Waals surface area contributed by atoms with E-state index in [0.29, 0.717) is 23.1 Å². The highest BCUT2D eigenvalue weighted by Gasteiger charge is 2.11. The topological polar surface area (TPSA) is 110 Å². The summed E-state index contributed by atoms with van der Waals surface area (Å²) in [6, 6.07) is 7.36. The Bertz CT molecular complexity index is 805. The van der Waals surface area contributed by atoms with E-state index in [1.807, 2.05) is 18.2 Å². The monoisotopic (exact) mass is 257 g/mol. The number of nitrogens with zero attached hydrogens (tertiary/aromatic N) is 2. The molecule has 0 atom stereocenters. The van der Waals surface area contributed by atoms with Crippen molar-refractivity contribution in [1.82, 2.24) is 20.2 Å². The fraction of sp³-hybridized carbons (Fsp3) is 0.0833. The lowest BCUT2D eigenvalue weighted by atomic mass is 10.1. The van der Waals surface area contributed by atoms with Crippen LogP contribution in [0.3, 0.4) is 0 Å². The summed E-state index contributed by atoms with van der Waals surface area (Å²) < 4.78 is 5.26. The Morgan fingerprint density at radius 3 is 2.89 bits per heavy atom. The van der Waals surface area contributed by atoms with Gasteiger partial charge in [0.05, 0.1) is 12.5 Å². The molecular weight excluding hydrogens is 246 g/mol. The number of ether oxygens (including phenoxy) is 1. The molecule has 19 heavy (non-hydrogen) atoms. The molecule has 0 radical (unpaired) electrons. The van der Waals surface area contributed by atoms with Gasteiger partial charge < -0.3 is 10.5 Å². The number of H-pyrrole nitrogens is 2. The second-order valence-corrected chi connectivity index (χ2v) is 3.98. The van der Waals surface area contributed by atoms with Crippen molar-refractivity contribution >= 4 is 16.6 Å². The normalized spacial score (nSPS) is 10.8. The number of rotatable bonds is 2. The summed E-state index contributed by atoms with van der Waals surface area (Å²) in [6.07, 6.45) is 0. The van der Waals surface area contributed by atoms with Gasteiger partial charge in [-0.05, 0) is 17.5 Å². The number of aromatic amines is 2. The zero-order chi connectivity index (χ0) is 13.4. The van der Waals surface area contributed by atoms with Crippen LogP contribution in [0.4, 0.5) is 5.82 Å². The average molecular weight is 257 g/mol. The number of aromatic nitrogens is 4. The lowest BCUT2D eigenvalue weighted by Crippen LogP contribution is -2.01. The fourth-order valence-electron chi connectivity index (χ4n) is 1.99. The van der Waals surface area contributed by atoms with Crippen LogP contribution < -0.4 is 16.2 Å². The highest BCUT2D eigenvalue weighted by atomic mass is 16.5. The van der Waals surface area contributed by atoms with E-state index in [0.717, 1.165) is 10.8 Å². The molecule has 0 saturated heterocycles. The number of nitrogen functional groups attached to an aromatic ring is 1. The minimum Gasteiger partial charge on any atom is -0.496 e. The van der Waals surface area contributed by atoms with Crippen LogP contribution in [0, 0.1) is 0 Å². The quantitative estimate of drug-likeness (QED) is 0.632. The van der Waals surface area contributed by atoms with Gasteiger partial charge in [-0.15, -0.1) is 0 Å². The SMILES string of the molecule is COc1cccc2cc(-c3n[nH]c(=O)[nH]3)nc(N)c12. The number of anilines is 1. The van der Waals surface area contributed by atoms with Gasteiger partial charge in [-0.2, -0.15) is 5.10 Å². The summed E-state index contributed by atoms with van der Waals surface area (Å²) in [5.74, 6) is 1.33. The molecule has 7 nitrogen and oxygen atoms in total. The number of nitrogens with one attached hydrogen (secondary N) is 2. The van der Waals surface area contributed by atoms with Gasteiger partial charge in [0, 0.05) is 0 Å². The molecular formula is C12H11N5O2. The number of hydrogen-bond acceptors (Lipinski definition) is 5. The van der Waals surface area contributed by atoms with E-state index in [-0.39, 0.29) is 5.69 Å². The van der Waals surface area contributed by atoms with Crippen molar-refractivity contribution in [2.45, 2.75) is 0 Å². The molecule has 4 N–H and O–H groups in total. The molecule has 3 rings (SSSR count). The predicted octanol–water partition coefficient (Wildman–Crippen LogP) is 0.904. The molecule has 0 aliphatic heterocycles. The lowest BCUT2D eigenvalue weighted by Gasteiger charge is -2.08. The van der Waals surface area contributed by atoms with Gasteiger partial charge in [0.1, 0.15) is 17.3 Å².